The van der Waals surface area contributed by atoms with Gasteiger partial charge in [0.05, 0.1) is 17.6 Å². The van der Waals surface area contributed by atoms with Gasteiger partial charge in [0.25, 0.3) is 0 Å². The first kappa shape index (κ1) is 13.1. The SMILES string of the molecule is CCCc1c(C(=O)O)cnn1-c1ccc(O)cc1C. The molecular formula is C14H16N2O3. The van der Waals surface area contributed by atoms with Crippen molar-refractivity contribution in [1.82, 2.24) is 9.78 Å². The molecule has 0 atom stereocenters. The molecule has 0 aliphatic carbocycles. The van der Waals surface area contributed by atoms with E-state index in [1.54, 1.807) is 22.9 Å². The molecule has 1 aromatic heterocycles. The quantitative estimate of drug-likeness (QED) is 0.885. The fourth-order valence-corrected chi connectivity index (χ4v) is 2.11. The molecule has 1 aromatic carbocycles. The number of nitrogens with zero attached hydrogens (tertiary/aromatic N) is 2. The summed E-state index contributed by atoms with van der Waals surface area (Å²) in [5.74, 6) is -0.782. The third kappa shape index (κ3) is 2.45. The molecular weight excluding hydrogens is 244 g/mol. The minimum absolute atomic E-state index is 0.184. The summed E-state index contributed by atoms with van der Waals surface area (Å²) < 4.78 is 1.64. The second-order valence-corrected chi connectivity index (χ2v) is 4.44. The molecule has 0 fully saturated rings. The van der Waals surface area contributed by atoms with Crippen LogP contribution in [-0.2, 0) is 6.42 Å². The topological polar surface area (TPSA) is 75.3 Å². The number of aromatic nitrogens is 2. The van der Waals surface area contributed by atoms with Crippen molar-refractivity contribution in [2.45, 2.75) is 26.7 Å². The average Bonchev–Trinajstić information content (AvgIpc) is 2.73. The van der Waals surface area contributed by atoms with Crippen molar-refractivity contribution in [2.24, 2.45) is 0 Å². The smallest absolute Gasteiger partial charge is 0.339 e. The van der Waals surface area contributed by atoms with E-state index in [0.29, 0.717) is 12.1 Å². The predicted octanol–water partition coefficient (Wildman–Crippen LogP) is 2.54. The number of phenols is 1. The number of carboxylic acids is 1. The first-order valence-electron chi connectivity index (χ1n) is 6.14. The number of phenolic OH excluding ortho intramolecular Hbond substituents is 1. The van der Waals surface area contributed by atoms with Crippen LogP contribution in [0.2, 0.25) is 0 Å². The summed E-state index contributed by atoms with van der Waals surface area (Å²) in [6.45, 7) is 3.85. The first-order valence-corrected chi connectivity index (χ1v) is 6.14. The van der Waals surface area contributed by atoms with Gasteiger partial charge in [0.2, 0.25) is 0 Å². The summed E-state index contributed by atoms with van der Waals surface area (Å²) in [6, 6.07) is 4.94. The molecule has 0 spiro atoms. The Morgan fingerprint density at radius 2 is 2.16 bits per heavy atom. The number of aryl methyl sites for hydroxylation is 1. The van der Waals surface area contributed by atoms with Crippen molar-refractivity contribution in [3.63, 3.8) is 0 Å². The van der Waals surface area contributed by atoms with Gasteiger partial charge in [0, 0.05) is 0 Å². The Labute approximate surface area is 111 Å². The Balaban J connectivity index is 2.58. The van der Waals surface area contributed by atoms with Crippen molar-refractivity contribution in [3.8, 4) is 11.4 Å². The van der Waals surface area contributed by atoms with Gasteiger partial charge in [-0.2, -0.15) is 5.10 Å². The van der Waals surface area contributed by atoms with Gasteiger partial charge in [-0.3, -0.25) is 0 Å². The summed E-state index contributed by atoms with van der Waals surface area (Å²) in [5, 5.41) is 22.8. The zero-order valence-corrected chi connectivity index (χ0v) is 10.9. The van der Waals surface area contributed by atoms with Crippen LogP contribution in [0.25, 0.3) is 5.69 Å². The summed E-state index contributed by atoms with van der Waals surface area (Å²) in [7, 11) is 0. The maximum absolute atomic E-state index is 11.2. The van der Waals surface area contributed by atoms with Gasteiger partial charge < -0.3 is 10.2 Å². The minimum atomic E-state index is -0.967. The van der Waals surface area contributed by atoms with Crippen molar-refractivity contribution in [3.05, 3.63) is 41.2 Å². The molecule has 2 rings (SSSR count). The number of rotatable bonds is 4. The van der Waals surface area contributed by atoms with Crippen molar-refractivity contribution < 1.29 is 15.0 Å². The molecule has 0 amide bonds. The molecule has 100 valence electrons. The van der Waals surface area contributed by atoms with Crippen molar-refractivity contribution in [2.75, 3.05) is 0 Å². The summed E-state index contributed by atoms with van der Waals surface area (Å²) >= 11 is 0. The highest BCUT2D eigenvalue weighted by atomic mass is 16.4. The largest absolute Gasteiger partial charge is 0.508 e. The Morgan fingerprint density at radius 3 is 2.74 bits per heavy atom. The fraction of sp³-hybridized carbons (Fsp3) is 0.286. The van der Waals surface area contributed by atoms with E-state index < -0.39 is 5.97 Å². The third-order valence-electron chi connectivity index (χ3n) is 2.99. The van der Waals surface area contributed by atoms with Crippen molar-refractivity contribution >= 4 is 5.97 Å². The molecule has 5 heteroatoms. The summed E-state index contributed by atoms with van der Waals surface area (Å²) in [4.78, 5) is 11.2. The molecule has 0 saturated carbocycles. The van der Waals surface area contributed by atoms with E-state index in [-0.39, 0.29) is 11.3 Å². The van der Waals surface area contributed by atoms with Crippen LogP contribution in [0.4, 0.5) is 0 Å². The van der Waals surface area contributed by atoms with Crippen LogP contribution >= 0.6 is 0 Å². The number of carbonyl (C=O) groups is 1. The van der Waals surface area contributed by atoms with E-state index in [9.17, 15) is 15.0 Å². The van der Waals surface area contributed by atoms with Crippen molar-refractivity contribution in [1.29, 1.82) is 0 Å². The minimum Gasteiger partial charge on any atom is -0.508 e. The zero-order chi connectivity index (χ0) is 14.0. The monoisotopic (exact) mass is 260 g/mol. The van der Waals surface area contributed by atoms with Crippen LogP contribution in [0.5, 0.6) is 5.75 Å². The van der Waals surface area contributed by atoms with Gasteiger partial charge in [0.15, 0.2) is 0 Å². The standard InChI is InChI=1S/C14H16N2O3/c1-3-4-13-11(14(18)19)8-15-16(13)12-6-5-10(17)7-9(12)2/h5-8,17H,3-4H2,1-2H3,(H,18,19). The molecule has 2 N–H and O–H groups in total. The number of carboxylic acid groups (broad SMARTS) is 1. The lowest BCUT2D eigenvalue weighted by Gasteiger charge is -2.10. The maximum Gasteiger partial charge on any atom is 0.339 e. The number of hydrogen-bond donors (Lipinski definition) is 2. The van der Waals surface area contributed by atoms with Gasteiger partial charge in [-0.15, -0.1) is 0 Å². The number of benzene rings is 1. The lowest BCUT2D eigenvalue weighted by molar-refractivity contribution is 0.0695. The lowest BCUT2D eigenvalue weighted by Crippen LogP contribution is -2.07. The molecule has 0 aliphatic heterocycles. The van der Waals surface area contributed by atoms with E-state index in [4.69, 9.17) is 0 Å². The van der Waals surface area contributed by atoms with Crippen LogP contribution in [0.1, 0.15) is 35.0 Å². The van der Waals surface area contributed by atoms with Crippen LogP contribution < -0.4 is 0 Å². The fourth-order valence-electron chi connectivity index (χ4n) is 2.11. The molecule has 0 bridgehead atoms. The molecule has 0 aliphatic rings. The number of hydrogen-bond acceptors (Lipinski definition) is 3. The Hall–Kier alpha value is -2.30. The predicted molar refractivity (Wildman–Crippen MR) is 70.9 cm³/mol. The van der Waals surface area contributed by atoms with E-state index in [0.717, 1.165) is 17.7 Å². The highest BCUT2D eigenvalue weighted by molar-refractivity contribution is 5.88. The second-order valence-electron chi connectivity index (χ2n) is 4.44. The Morgan fingerprint density at radius 1 is 1.42 bits per heavy atom. The molecule has 5 nitrogen and oxygen atoms in total. The molecule has 2 aromatic rings. The highest BCUT2D eigenvalue weighted by Crippen LogP contribution is 2.22. The molecule has 0 radical (unpaired) electrons. The van der Waals surface area contributed by atoms with Gasteiger partial charge in [0.1, 0.15) is 11.3 Å². The van der Waals surface area contributed by atoms with Gasteiger partial charge >= 0.3 is 5.97 Å². The van der Waals surface area contributed by atoms with Crippen LogP contribution in [-0.4, -0.2) is 26.0 Å². The molecule has 0 unspecified atom stereocenters. The molecule has 0 saturated heterocycles. The van der Waals surface area contributed by atoms with Crippen LogP contribution in [0, 0.1) is 6.92 Å². The van der Waals surface area contributed by atoms with E-state index in [2.05, 4.69) is 5.10 Å². The number of aromatic carboxylic acids is 1. The average molecular weight is 260 g/mol. The van der Waals surface area contributed by atoms with Gasteiger partial charge in [-0.25, -0.2) is 9.48 Å². The van der Waals surface area contributed by atoms with E-state index in [1.165, 1.54) is 6.20 Å². The maximum atomic E-state index is 11.2. The molecule has 1 heterocycles. The summed E-state index contributed by atoms with van der Waals surface area (Å²) in [6.07, 6.45) is 2.85. The lowest BCUT2D eigenvalue weighted by atomic mass is 10.1. The Kier molecular flexibility index (Phi) is 3.55. The van der Waals surface area contributed by atoms with Gasteiger partial charge in [-0.05, 0) is 37.1 Å². The number of aromatic hydroxyl groups is 1. The van der Waals surface area contributed by atoms with E-state index >= 15 is 0 Å². The molecule has 19 heavy (non-hydrogen) atoms. The van der Waals surface area contributed by atoms with E-state index in [1.807, 2.05) is 13.8 Å². The second kappa shape index (κ2) is 5.14. The third-order valence-corrected chi connectivity index (χ3v) is 2.99. The zero-order valence-electron chi connectivity index (χ0n) is 10.9. The summed E-state index contributed by atoms with van der Waals surface area (Å²) in [5.41, 5.74) is 2.55. The van der Waals surface area contributed by atoms with Crippen LogP contribution in [0.15, 0.2) is 24.4 Å². The normalized spacial score (nSPS) is 10.6. The van der Waals surface area contributed by atoms with Gasteiger partial charge in [-0.1, -0.05) is 13.3 Å². The first-order chi connectivity index (χ1) is 9.04. The van der Waals surface area contributed by atoms with Crippen LogP contribution in [0.3, 0.4) is 0 Å². The highest BCUT2D eigenvalue weighted by Gasteiger charge is 2.17. The Bertz CT molecular complexity index is 617.